The number of benzene rings is 2. The van der Waals surface area contributed by atoms with E-state index in [4.69, 9.17) is 16.1 Å². The first-order valence-electron chi connectivity index (χ1n) is 10.4. The molecule has 0 radical (unpaired) electrons. The number of rotatable bonds is 9. The highest BCUT2D eigenvalue weighted by Gasteiger charge is 2.15. The van der Waals surface area contributed by atoms with Crippen LogP contribution in [-0.4, -0.2) is 22.6 Å². The molecule has 0 spiro atoms. The normalized spacial score (nSPS) is 11.6. The van der Waals surface area contributed by atoms with E-state index in [1.165, 1.54) is 12.1 Å². The molecular weight excluding hydrogens is 544 g/mol. The van der Waals surface area contributed by atoms with E-state index in [0.29, 0.717) is 23.6 Å². The highest BCUT2D eigenvalue weighted by molar-refractivity contribution is 14.1. The smallest absolute Gasteiger partial charge is 0.292 e. The van der Waals surface area contributed by atoms with Crippen molar-refractivity contribution >= 4 is 45.7 Å². The van der Waals surface area contributed by atoms with Gasteiger partial charge in [0.1, 0.15) is 5.82 Å². The van der Waals surface area contributed by atoms with Crippen LogP contribution in [0.3, 0.4) is 0 Å². The Morgan fingerprint density at radius 2 is 2.09 bits per heavy atom. The molecule has 0 aliphatic heterocycles. The minimum atomic E-state index is -0.411. The van der Waals surface area contributed by atoms with Crippen LogP contribution in [0, 0.1) is 16.3 Å². The summed E-state index contributed by atoms with van der Waals surface area (Å²) in [6.45, 7) is 4.59. The van der Waals surface area contributed by atoms with Crippen LogP contribution in [0.15, 0.2) is 47.0 Å². The number of nitrogens with zero attached hydrogens (tertiary/aromatic N) is 2. The minimum absolute atomic E-state index is 0.0378. The number of aryl methyl sites for hydroxylation is 1. The topological polar surface area (TPSA) is 68.0 Å². The first-order valence-corrected chi connectivity index (χ1v) is 11.8. The first kappa shape index (κ1) is 24.4. The Kier molecular flexibility index (Phi) is 8.81. The van der Waals surface area contributed by atoms with Crippen molar-refractivity contribution < 1.29 is 13.7 Å². The number of allylic oxidation sites excluding steroid dienone is 1. The Labute approximate surface area is 205 Å². The second-order valence-electron chi connectivity index (χ2n) is 7.45. The van der Waals surface area contributed by atoms with Gasteiger partial charge in [0, 0.05) is 15.1 Å². The number of halogens is 3. The molecule has 0 aliphatic rings. The van der Waals surface area contributed by atoms with Crippen molar-refractivity contribution in [3.05, 3.63) is 85.3 Å². The van der Waals surface area contributed by atoms with Gasteiger partial charge >= 0.3 is 0 Å². The second kappa shape index (κ2) is 11.6. The third kappa shape index (κ3) is 6.87. The van der Waals surface area contributed by atoms with Crippen LogP contribution in [-0.2, 0) is 6.42 Å². The number of hydrogen-bond donors (Lipinski definition) is 1. The van der Waals surface area contributed by atoms with Gasteiger partial charge in [0.05, 0.1) is 6.42 Å². The van der Waals surface area contributed by atoms with Crippen molar-refractivity contribution in [3.63, 3.8) is 0 Å². The maximum atomic E-state index is 13.6. The Bertz CT molecular complexity index is 1110. The van der Waals surface area contributed by atoms with Gasteiger partial charge in [-0.05, 0) is 95.0 Å². The maximum Gasteiger partial charge on any atom is 0.292 e. The van der Waals surface area contributed by atoms with E-state index in [1.807, 2.05) is 53.8 Å². The molecule has 1 N–H and O–H groups in total. The van der Waals surface area contributed by atoms with Crippen molar-refractivity contribution in [3.8, 4) is 0 Å². The van der Waals surface area contributed by atoms with E-state index in [1.54, 1.807) is 0 Å². The molecule has 32 heavy (non-hydrogen) atoms. The molecule has 1 amide bonds. The van der Waals surface area contributed by atoms with Gasteiger partial charge in [0.15, 0.2) is 0 Å². The van der Waals surface area contributed by atoms with Gasteiger partial charge in [-0.1, -0.05) is 42.2 Å². The fraction of sp³-hybridized carbons (Fsp3) is 0.292. The van der Waals surface area contributed by atoms with Gasteiger partial charge < -0.3 is 9.84 Å². The maximum absolute atomic E-state index is 13.6. The zero-order valence-electron chi connectivity index (χ0n) is 17.9. The SMILES string of the molecule is CCC/C=C(/CCNC(=O)c1noc(Cc2cc(F)cc(I)c2)n1)c1cc(Cl)ccc1C. The quantitative estimate of drug-likeness (QED) is 0.305. The Hall–Kier alpha value is -2.26. The molecule has 2 aromatic carbocycles. The summed E-state index contributed by atoms with van der Waals surface area (Å²) < 4.78 is 19.5. The standard InChI is InChI=1S/C24H24ClFIN3O2/c1-3-4-5-17(21-13-18(25)7-6-15(21)2)8-9-28-24(31)23-29-22(32-30-23)12-16-10-19(26)14-20(27)11-16/h5-7,10-11,13-14H,3-4,8-9,12H2,1-2H3,(H,28,31)/b17-5-. The molecule has 0 aliphatic carbocycles. The molecule has 0 unspecified atom stereocenters. The van der Waals surface area contributed by atoms with Crippen molar-refractivity contribution in [2.24, 2.45) is 0 Å². The first-order chi connectivity index (χ1) is 15.4. The van der Waals surface area contributed by atoms with Gasteiger partial charge in [-0.2, -0.15) is 4.98 Å². The fourth-order valence-electron chi connectivity index (χ4n) is 3.30. The number of carbonyl (C=O) groups excluding carboxylic acids is 1. The zero-order chi connectivity index (χ0) is 23.1. The number of aromatic nitrogens is 2. The van der Waals surface area contributed by atoms with Gasteiger partial charge in [-0.15, -0.1) is 0 Å². The summed E-state index contributed by atoms with van der Waals surface area (Å²) in [6, 6.07) is 10.5. The Morgan fingerprint density at radius 1 is 1.28 bits per heavy atom. The highest BCUT2D eigenvalue weighted by atomic mass is 127. The lowest BCUT2D eigenvalue weighted by Crippen LogP contribution is -2.25. The average molecular weight is 568 g/mol. The third-order valence-electron chi connectivity index (χ3n) is 4.85. The number of amides is 1. The molecule has 3 aromatic rings. The molecule has 5 nitrogen and oxygen atoms in total. The van der Waals surface area contributed by atoms with Crippen molar-refractivity contribution in [1.29, 1.82) is 0 Å². The van der Waals surface area contributed by atoms with Crippen LogP contribution in [0.2, 0.25) is 5.02 Å². The predicted octanol–water partition coefficient (Wildman–Crippen LogP) is 6.37. The molecule has 0 saturated heterocycles. The van der Waals surface area contributed by atoms with E-state index in [-0.39, 0.29) is 24.0 Å². The summed E-state index contributed by atoms with van der Waals surface area (Å²) in [5.74, 6) is -0.517. The third-order valence-corrected chi connectivity index (χ3v) is 5.71. The van der Waals surface area contributed by atoms with Gasteiger partial charge in [-0.3, -0.25) is 4.79 Å². The number of unbranched alkanes of at least 4 members (excludes halogenated alkanes) is 1. The lowest BCUT2D eigenvalue weighted by molar-refractivity contribution is 0.0941. The van der Waals surface area contributed by atoms with Crippen LogP contribution in [0.5, 0.6) is 0 Å². The second-order valence-corrected chi connectivity index (χ2v) is 9.13. The van der Waals surface area contributed by atoms with Gasteiger partial charge in [-0.25, -0.2) is 4.39 Å². The Balaban J connectivity index is 1.61. The number of hydrogen-bond acceptors (Lipinski definition) is 4. The van der Waals surface area contributed by atoms with Crippen LogP contribution in [0.4, 0.5) is 4.39 Å². The fourth-order valence-corrected chi connectivity index (χ4v) is 4.17. The largest absolute Gasteiger partial charge is 0.349 e. The lowest BCUT2D eigenvalue weighted by atomic mass is 9.97. The van der Waals surface area contributed by atoms with E-state index in [9.17, 15) is 9.18 Å². The van der Waals surface area contributed by atoms with Crippen LogP contribution in [0.1, 0.15) is 59.4 Å². The van der Waals surface area contributed by atoms with Crippen molar-refractivity contribution in [1.82, 2.24) is 15.5 Å². The summed E-state index contributed by atoms with van der Waals surface area (Å²) in [5, 5.41) is 7.29. The molecule has 3 rings (SSSR count). The van der Waals surface area contributed by atoms with E-state index < -0.39 is 5.91 Å². The molecule has 0 fully saturated rings. The van der Waals surface area contributed by atoms with E-state index in [2.05, 4.69) is 28.5 Å². The zero-order valence-corrected chi connectivity index (χ0v) is 20.8. The summed E-state index contributed by atoms with van der Waals surface area (Å²) in [5.41, 5.74) is 4.07. The molecule has 168 valence electrons. The molecular formula is C24H24ClFIN3O2. The molecule has 1 heterocycles. The van der Waals surface area contributed by atoms with Crippen molar-refractivity contribution in [2.45, 2.75) is 39.5 Å². The monoisotopic (exact) mass is 567 g/mol. The highest BCUT2D eigenvalue weighted by Crippen LogP contribution is 2.26. The summed E-state index contributed by atoms with van der Waals surface area (Å²) >= 11 is 8.24. The molecule has 0 saturated carbocycles. The number of nitrogens with one attached hydrogen (secondary N) is 1. The van der Waals surface area contributed by atoms with Crippen molar-refractivity contribution in [2.75, 3.05) is 6.54 Å². The van der Waals surface area contributed by atoms with Gasteiger partial charge in [0.2, 0.25) is 5.89 Å². The average Bonchev–Trinajstić information content (AvgIpc) is 3.20. The predicted molar refractivity (Wildman–Crippen MR) is 132 cm³/mol. The van der Waals surface area contributed by atoms with E-state index >= 15 is 0 Å². The van der Waals surface area contributed by atoms with E-state index in [0.717, 1.165) is 33.1 Å². The molecule has 0 atom stereocenters. The molecule has 1 aromatic heterocycles. The van der Waals surface area contributed by atoms with Gasteiger partial charge in [0.25, 0.3) is 11.7 Å². The lowest BCUT2D eigenvalue weighted by Gasteiger charge is -2.12. The summed E-state index contributed by atoms with van der Waals surface area (Å²) in [7, 11) is 0. The molecule has 8 heteroatoms. The van der Waals surface area contributed by atoms with Crippen LogP contribution >= 0.6 is 34.2 Å². The molecule has 0 bridgehead atoms. The van der Waals surface area contributed by atoms with Crippen LogP contribution < -0.4 is 5.32 Å². The Morgan fingerprint density at radius 3 is 2.84 bits per heavy atom. The number of carbonyl (C=O) groups is 1. The van der Waals surface area contributed by atoms with Crippen LogP contribution in [0.25, 0.3) is 5.57 Å². The minimum Gasteiger partial charge on any atom is -0.349 e. The summed E-state index contributed by atoms with van der Waals surface area (Å²) in [6.07, 6.45) is 5.08. The summed E-state index contributed by atoms with van der Waals surface area (Å²) in [4.78, 5) is 16.6.